The highest BCUT2D eigenvalue weighted by atomic mass is 16.6. The van der Waals surface area contributed by atoms with Gasteiger partial charge in [-0.15, -0.1) is 0 Å². The van der Waals surface area contributed by atoms with E-state index in [1.807, 2.05) is 26.8 Å². The third-order valence-electron chi connectivity index (χ3n) is 4.07. The normalized spacial score (nSPS) is 17.7. The van der Waals surface area contributed by atoms with E-state index < -0.39 is 11.5 Å². The highest BCUT2D eigenvalue weighted by Crippen LogP contribution is 2.35. The van der Waals surface area contributed by atoms with Crippen LogP contribution in [0.4, 0.5) is 0 Å². The molecule has 0 N–H and O–H groups in total. The van der Waals surface area contributed by atoms with Crippen LogP contribution in [-0.4, -0.2) is 11.6 Å². The van der Waals surface area contributed by atoms with Crippen LogP contribution in [0.5, 0.6) is 0 Å². The summed E-state index contributed by atoms with van der Waals surface area (Å²) in [5, 5.41) is 8.92. The van der Waals surface area contributed by atoms with E-state index in [1.165, 1.54) is 19.3 Å². The second-order valence-corrected chi connectivity index (χ2v) is 7.14. The molecular weight excluding hydrogens is 278 g/mol. The van der Waals surface area contributed by atoms with Gasteiger partial charge in [0.1, 0.15) is 23.3 Å². The van der Waals surface area contributed by atoms with Gasteiger partial charge in [-0.25, -0.2) is 0 Å². The van der Waals surface area contributed by atoms with Crippen molar-refractivity contribution in [2.24, 2.45) is 5.92 Å². The number of rotatable bonds is 4. The molecule has 1 saturated carbocycles. The van der Waals surface area contributed by atoms with Gasteiger partial charge in [0, 0.05) is 0 Å². The summed E-state index contributed by atoms with van der Waals surface area (Å²) in [6, 6.07) is 5.32. The Morgan fingerprint density at radius 2 is 2.05 bits per heavy atom. The standard InChI is InChI=1S/C18H25NO3/c1-18(2,3)22-17(20)15(11-13-7-5-4-6-8-13)16-10-9-14(12-19)21-16/h9-10,13,15H,4-8,11H2,1-3H3. The first-order valence-electron chi connectivity index (χ1n) is 8.12. The second-order valence-electron chi connectivity index (χ2n) is 7.14. The molecule has 0 spiro atoms. The van der Waals surface area contributed by atoms with Gasteiger partial charge in [0.15, 0.2) is 0 Å². The van der Waals surface area contributed by atoms with E-state index in [-0.39, 0.29) is 11.7 Å². The molecule has 1 unspecified atom stereocenters. The Kier molecular flexibility index (Phi) is 5.28. The van der Waals surface area contributed by atoms with Crippen LogP contribution in [0, 0.1) is 17.2 Å². The molecule has 0 aromatic carbocycles. The molecule has 1 aliphatic carbocycles. The van der Waals surface area contributed by atoms with Gasteiger partial charge in [-0.1, -0.05) is 32.1 Å². The Bertz CT molecular complexity index is 541. The number of nitriles is 1. The van der Waals surface area contributed by atoms with Gasteiger partial charge in [0.2, 0.25) is 5.76 Å². The van der Waals surface area contributed by atoms with Crippen LogP contribution in [0.15, 0.2) is 16.5 Å². The first-order valence-corrected chi connectivity index (χ1v) is 8.12. The number of carbonyl (C=O) groups is 1. The summed E-state index contributed by atoms with van der Waals surface area (Å²) in [7, 11) is 0. The van der Waals surface area contributed by atoms with Crippen LogP contribution in [0.2, 0.25) is 0 Å². The molecule has 22 heavy (non-hydrogen) atoms. The number of hydrogen-bond donors (Lipinski definition) is 0. The first-order chi connectivity index (χ1) is 10.4. The smallest absolute Gasteiger partial charge is 0.317 e. The highest BCUT2D eigenvalue weighted by Gasteiger charge is 2.32. The number of nitrogens with zero attached hydrogens (tertiary/aromatic N) is 1. The molecule has 0 radical (unpaired) electrons. The van der Waals surface area contributed by atoms with Crippen LogP contribution in [0.25, 0.3) is 0 Å². The lowest BCUT2D eigenvalue weighted by Gasteiger charge is -2.27. The average molecular weight is 303 g/mol. The maximum atomic E-state index is 12.6. The molecule has 0 saturated heterocycles. The molecule has 4 nitrogen and oxygen atoms in total. The van der Waals surface area contributed by atoms with Crippen molar-refractivity contribution in [3.63, 3.8) is 0 Å². The van der Waals surface area contributed by atoms with Crippen LogP contribution in [-0.2, 0) is 9.53 Å². The van der Waals surface area contributed by atoms with Crippen molar-refractivity contribution in [2.75, 3.05) is 0 Å². The number of carbonyl (C=O) groups excluding carboxylic acids is 1. The lowest BCUT2D eigenvalue weighted by Crippen LogP contribution is -2.29. The Hall–Kier alpha value is -1.76. The summed E-state index contributed by atoms with van der Waals surface area (Å²) in [5.41, 5.74) is -0.521. The van der Waals surface area contributed by atoms with Crippen LogP contribution >= 0.6 is 0 Å². The van der Waals surface area contributed by atoms with E-state index in [9.17, 15) is 4.79 Å². The summed E-state index contributed by atoms with van der Waals surface area (Å²) in [5.74, 6) is 0.659. The molecule has 0 amide bonds. The summed E-state index contributed by atoms with van der Waals surface area (Å²) >= 11 is 0. The summed E-state index contributed by atoms with van der Waals surface area (Å²) in [4.78, 5) is 12.6. The minimum absolute atomic E-state index is 0.243. The lowest BCUT2D eigenvalue weighted by atomic mass is 9.82. The molecule has 120 valence electrons. The van der Waals surface area contributed by atoms with Crippen molar-refractivity contribution >= 4 is 5.97 Å². The molecule has 1 aromatic rings. The molecular formula is C18H25NO3. The molecule has 0 bridgehead atoms. The molecule has 2 rings (SSSR count). The van der Waals surface area contributed by atoms with Gasteiger partial charge in [0.25, 0.3) is 0 Å². The van der Waals surface area contributed by atoms with Gasteiger partial charge in [-0.2, -0.15) is 5.26 Å². The third-order valence-corrected chi connectivity index (χ3v) is 4.07. The fourth-order valence-electron chi connectivity index (χ4n) is 3.06. The van der Waals surface area contributed by atoms with E-state index in [4.69, 9.17) is 14.4 Å². The Balaban J connectivity index is 2.15. The average Bonchev–Trinajstić information content (AvgIpc) is 2.92. The number of esters is 1. The Labute approximate surface area is 132 Å². The number of furan rings is 1. The second kappa shape index (κ2) is 7.00. The topological polar surface area (TPSA) is 63.2 Å². The summed E-state index contributed by atoms with van der Waals surface area (Å²) in [6.45, 7) is 5.60. The highest BCUT2D eigenvalue weighted by molar-refractivity contribution is 5.77. The zero-order chi connectivity index (χ0) is 16.2. The first kappa shape index (κ1) is 16.6. The molecule has 1 atom stereocenters. The molecule has 0 aliphatic heterocycles. The van der Waals surface area contributed by atoms with E-state index >= 15 is 0 Å². The fourth-order valence-corrected chi connectivity index (χ4v) is 3.06. The van der Waals surface area contributed by atoms with Gasteiger partial charge >= 0.3 is 5.97 Å². The van der Waals surface area contributed by atoms with Crippen molar-refractivity contribution in [3.05, 3.63) is 23.7 Å². The van der Waals surface area contributed by atoms with Crippen LogP contribution in [0.3, 0.4) is 0 Å². The Morgan fingerprint density at radius 3 is 2.59 bits per heavy atom. The third kappa shape index (κ3) is 4.62. The lowest BCUT2D eigenvalue weighted by molar-refractivity contribution is -0.157. The fraction of sp³-hybridized carbons (Fsp3) is 0.667. The van der Waals surface area contributed by atoms with Crippen LogP contribution in [0.1, 0.15) is 76.7 Å². The number of ether oxygens (including phenoxy) is 1. The predicted molar refractivity (Wildman–Crippen MR) is 83.2 cm³/mol. The van der Waals surface area contributed by atoms with Gasteiger partial charge in [-0.05, 0) is 45.2 Å². The largest absolute Gasteiger partial charge is 0.459 e. The Morgan fingerprint density at radius 1 is 1.36 bits per heavy atom. The summed E-state index contributed by atoms with van der Waals surface area (Å²) in [6.07, 6.45) is 6.80. The molecule has 1 aliphatic rings. The van der Waals surface area contributed by atoms with E-state index in [1.54, 1.807) is 12.1 Å². The monoisotopic (exact) mass is 303 g/mol. The zero-order valence-electron chi connectivity index (χ0n) is 13.7. The molecule has 1 fully saturated rings. The predicted octanol–water partition coefficient (Wildman–Crippen LogP) is 4.55. The van der Waals surface area contributed by atoms with Crippen molar-refractivity contribution in [1.29, 1.82) is 5.26 Å². The van der Waals surface area contributed by atoms with E-state index in [0.717, 1.165) is 19.3 Å². The zero-order valence-corrected chi connectivity index (χ0v) is 13.7. The van der Waals surface area contributed by atoms with Crippen molar-refractivity contribution in [1.82, 2.24) is 0 Å². The SMILES string of the molecule is CC(C)(C)OC(=O)C(CC1CCCCC1)c1ccc(C#N)o1. The molecule has 1 aromatic heterocycles. The van der Waals surface area contributed by atoms with Gasteiger partial charge in [0.05, 0.1) is 0 Å². The van der Waals surface area contributed by atoms with Gasteiger partial charge in [-0.3, -0.25) is 4.79 Å². The molecule has 1 heterocycles. The van der Waals surface area contributed by atoms with Crippen molar-refractivity contribution in [3.8, 4) is 6.07 Å². The molecule has 4 heteroatoms. The van der Waals surface area contributed by atoms with Crippen molar-refractivity contribution in [2.45, 2.75) is 70.8 Å². The van der Waals surface area contributed by atoms with Gasteiger partial charge < -0.3 is 9.15 Å². The minimum Gasteiger partial charge on any atom is -0.459 e. The maximum absolute atomic E-state index is 12.6. The summed E-state index contributed by atoms with van der Waals surface area (Å²) < 4.78 is 11.1. The minimum atomic E-state index is -0.521. The van der Waals surface area contributed by atoms with E-state index in [2.05, 4.69) is 0 Å². The van der Waals surface area contributed by atoms with Crippen LogP contribution < -0.4 is 0 Å². The number of hydrogen-bond acceptors (Lipinski definition) is 4. The quantitative estimate of drug-likeness (QED) is 0.766. The van der Waals surface area contributed by atoms with E-state index in [0.29, 0.717) is 11.7 Å². The maximum Gasteiger partial charge on any atom is 0.317 e. The van der Waals surface area contributed by atoms with Crippen molar-refractivity contribution < 1.29 is 13.9 Å².